The van der Waals surface area contributed by atoms with Crippen LogP contribution >= 0.6 is 12.6 Å². The van der Waals surface area contributed by atoms with Gasteiger partial charge in [0.15, 0.2) is 0 Å². The van der Waals surface area contributed by atoms with E-state index in [1.165, 1.54) is 23.3 Å². The Hall–Kier alpha value is -2.96. The molecule has 1 fully saturated rings. The summed E-state index contributed by atoms with van der Waals surface area (Å²) >= 11 is 3.53. The van der Waals surface area contributed by atoms with Gasteiger partial charge >= 0.3 is 0 Å². The number of benzene rings is 2. The molecule has 1 heterocycles. The largest absolute Gasteiger partial charge is 0.350 e. The zero-order valence-corrected chi connectivity index (χ0v) is 29.3. The summed E-state index contributed by atoms with van der Waals surface area (Å²) in [4.78, 5) is 42.9. The van der Waals surface area contributed by atoms with E-state index in [9.17, 15) is 14.4 Å². The number of thiol groups is 1. The second-order valence-corrected chi connectivity index (χ2v) is 11.3. The molecule has 0 radical (unpaired) electrons. The SMILES string of the molecule is CC.CC1CCN(Cc2ccc(CNC(=O)C(CCc3ccccc3)NC(=O)C(N)CC(=O)N(CCN)CCN)cc2)CC1.CS. The number of likely N-dealkylation sites (tertiary alicyclic amines) is 1. The lowest BCUT2D eigenvalue weighted by Gasteiger charge is -2.30. The van der Waals surface area contributed by atoms with E-state index in [1.54, 1.807) is 6.26 Å². The van der Waals surface area contributed by atoms with E-state index in [0.29, 0.717) is 32.5 Å². The van der Waals surface area contributed by atoms with Crippen LogP contribution in [-0.2, 0) is 33.9 Å². The quantitative estimate of drug-likeness (QED) is 0.151. The lowest BCUT2D eigenvalue weighted by molar-refractivity contribution is -0.135. The Kier molecular flexibility index (Phi) is 21.6. The molecule has 2 unspecified atom stereocenters. The van der Waals surface area contributed by atoms with Gasteiger partial charge < -0.3 is 32.7 Å². The van der Waals surface area contributed by atoms with Crippen molar-refractivity contribution in [3.8, 4) is 0 Å². The highest BCUT2D eigenvalue weighted by Crippen LogP contribution is 2.18. The standard InChI is InChI=1S/C32H49N7O3.C2H6.CH4S/c1-24-13-17-38(18-14-24)23-27-9-7-26(8-10-27)22-36-32(42)29(12-11-25-5-3-2-4-6-25)37-31(41)28(35)21-30(40)39(19-15-33)20-16-34;2*1-2/h2-10,24,28-29H,11-23,33-35H2,1H3,(H,36,42)(H,37,41);1-2H3;2H,1H3. The first-order valence-corrected chi connectivity index (χ1v) is 17.5. The highest BCUT2D eigenvalue weighted by molar-refractivity contribution is 7.79. The van der Waals surface area contributed by atoms with Gasteiger partial charge in [0, 0.05) is 39.3 Å². The van der Waals surface area contributed by atoms with Gasteiger partial charge in [0.25, 0.3) is 0 Å². The first-order valence-electron chi connectivity index (χ1n) is 16.6. The minimum Gasteiger partial charge on any atom is -0.350 e. The third-order valence-electron chi connectivity index (χ3n) is 7.85. The van der Waals surface area contributed by atoms with Crippen LogP contribution < -0.4 is 27.8 Å². The highest BCUT2D eigenvalue weighted by Gasteiger charge is 2.26. The maximum atomic E-state index is 13.3. The molecule has 1 aliphatic rings. The van der Waals surface area contributed by atoms with Crippen LogP contribution in [0.25, 0.3) is 0 Å². The van der Waals surface area contributed by atoms with Crippen molar-refractivity contribution < 1.29 is 14.4 Å². The van der Waals surface area contributed by atoms with Gasteiger partial charge in [-0.25, -0.2) is 0 Å². The van der Waals surface area contributed by atoms with Crippen LogP contribution in [0.4, 0.5) is 0 Å². The van der Waals surface area contributed by atoms with Gasteiger partial charge in [0.2, 0.25) is 17.7 Å². The molecule has 1 saturated heterocycles. The van der Waals surface area contributed by atoms with Gasteiger partial charge in [-0.1, -0.05) is 75.4 Å². The Morgan fingerprint density at radius 1 is 0.891 bits per heavy atom. The molecule has 2 aromatic carbocycles. The predicted octanol–water partition coefficient (Wildman–Crippen LogP) is 2.69. The highest BCUT2D eigenvalue weighted by atomic mass is 32.1. The number of hydrogen-bond donors (Lipinski definition) is 6. The van der Waals surface area contributed by atoms with Gasteiger partial charge in [-0.2, -0.15) is 12.6 Å². The zero-order chi connectivity index (χ0) is 34.3. The minimum absolute atomic E-state index is 0.193. The van der Waals surface area contributed by atoms with E-state index >= 15 is 0 Å². The normalized spacial score (nSPS) is 14.4. The van der Waals surface area contributed by atoms with Crippen molar-refractivity contribution in [3.63, 3.8) is 0 Å². The Bertz CT molecular complexity index is 1110. The van der Waals surface area contributed by atoms with E-state index in [-0.39, 0.29) is 31.3 Å². The molecular weight excluding hydrogens is 598 g/mol. The monoisotopic (exact) mass is 657 g/mol. The summed E-state index contributed by atoms with van der Waals surface area (Å²) in [6.07, 6.45) is 4.98. The molecule has 3 rings (SSSR count). The fourth-order valence-electron chi connectivity index (χ4n) is 5.14. The number of nitrogens with two attached hydrogens (primary N) is 3. The summed E-state index contributed by atoms with van der Waals surface area (Å²) in [6, 6.07) is 16.2. The molecule has 1 aliphatic heterocycles. The number of aryl methyl sites for hydroxylation is 1. The van der Waals surface area contributed by atoms with Crippen molar-refractivity contribution in [2.45, 2.75) is 78.0 Å². The van der Waals surface area contributed by atoms with Crippen LogP contribution in [0.2, 0.25) is 0 Å². The molecule has 10 nitrogen and oxygen atoms in total. The van der Waals surface area contributed by atoms with Crippen LogP contribution in [-0.4, -0.2) is 85.1 Å². The van der Waals surface area contributed by atoms with Crippen molar-refractivity contribution in [1.29, 1.82) is 0 Å². The average Bonchev–Trinajstić information content (AvgIpc) is 3.09. The van der Waals surface area contributed by atoms with Gasteiger partial charge in [-0.3, -0.25) is 19.3 Å². The van der Waals surface area contributed by atoms with E-state index < -0.39 is 18.0 Å². The molecule has 0 bridgehead atoms. The lowest BCUT2D eigenvalue weighted by atomic mass is 9.99. The summed E-state index contributed by atoms with van der Waals surface area (Å²) in [6.45, 7) is 11.1. The van der Waals surface area contributed by atoms with E-state index in [4.69, 9.17) is 17.2 Å². The number of nitrogens with zero attached hydrogens (tertiary/aromatic N) is 2. The fraction of sp³-hybridized carbons (Fsp3) is 0.571. The van der Waals surface area contributed by atoms with Crippen molar-refractivity contribution in [3.05, 3.63) is 71.3 Å². The van der Waals surface area contributed by atoms with Crippen molar-refractivity contribution >= 4 is 30.4 Å². The Balaban J connectivity index is 0.00000254. The van der Waals surface area contributed by atoms with Crippen LogP contribution in [0, 0.1) is 5.92 Å². The molecule has 0 aliphatic carbocycles. The lowest BCUT2D eigenvalue weighted by Crippen LogP contribution is -2.53. The summed E-state index contributed by atoms with van der Waals surface area (Å²) < 4.78 is 0. The molecule has 46 heavy (non-hydrogen) atoms. The fourth-order valence-corrected chi connectivity index (χ4v) is 5.14. The second kappa shape index (κ2) is 24.2. The first kappa shape index (κ1) is 41.1. The number of carbonyl (C=O) groups excluding carboxylic acids is 3. The third-order valence-corrected chi connectivity index (χ3v) is 7.85. The van der Waals surface area contributed by atoms with Gasteiger partial charge in [-0.05, 0) is 67.6 Å². The molecular formula is C35H59N7O3S. The van der Waals surface area contributed by atoms with Crippen molar-refractivity contribution in [2.24, 2.45) is 23.1 Å². The smallest absolute Gasteiger partial charge is 0.242 e. The topological polar surface area (TPSA) is 160 Å². The summed E-state index contributed by atoms with van der Waals surface area (Å²) in [5.74, 6) is -0.331. The molecule has 0 spiro atoms. The van der Waals surface area contributed by atoms with Crippen LogP contribution in [0.15, 0.2) is 54.6 Å². The van der Waals surface area contributed by atoms with Crippen LogP contribution in [0.1, 0.15) is 63.1 Å². The Morgan fingerprint density at radius 2 is 1.46 bits per heavy atom. The van der Waals surface area contributed by atoms with Gasteiger partial charge in [0.1, 0.15) is 6.04 Å². The summed E-state index contributed by atoms with van der Waals surface area (Å²) in [5, 5.41) is 5.76. The van der Waals surface area contributed by atoms with Crippen LogP contribution in [0.5, 0.6) is 0 Å². The maximum Gasteiger partial charge on any atom is 0.242 e. The third kappa shape index (κ3) is 15.6. The maximum absolute atomic E-state index is 13.3. The number of hydrogen-bond acceptors (Lipinski definition) is 8. The predicted molar refractivity (Wildman–Crippen MR) is 192 cm³/mol. The zero-order valence-electron chi connectivity index (χ0n) is 28.4. The average molecular weight is 658 g/mol. The molecule has 11 heteroatoms. The number of carbonyl (C=O) groups is 3. The van der Waals surface area contributed by atoms with E-state index in [0.717, 1.165) is 36.7 Å². The molecule has 3 amide bonds. The number of rotatable bonds is 16. The van der Waals surface area contributed by atoms with E-state index in [1.807, 2.05) is 56.3 Å². The Labute approximate surface area is 282 Å². The number of piperidine rings is 1. The van der Waals surface area contributed by atoms with Crippen molar-refractivity contribution in [1.82, 2.24) is 20.4 Å². The molecule has 2 aromatic rings. The molecule has 8 N–H and O–H groups in total. The van der Waals surface area contributed by atoms with Crippen LogP contribution in [0.3, 0.4) is 0 Å². The summed E-state index contributed by atoms with van der Waals surface area (Å²) in [5.41, 5.74) is 20.6. The number of amides is 3. The van der Waals surface area contributed by atoms with Crippen molar-refractivity contribution in [2.75, 3.05) is 45.5 Å². The van der Waals surface area contributed by atoms with Gasteiger partial charge in [0.05, 0.1) is 12.5 Å². The van der Waals surface area contributed by atoms with E-state index in [2.05, 4.69) is 47.2 Å². The molecule has 2 atom stereocenters. The number of nitrogens with one attached hydrogen (secondary N) is 2. The van der Waals surface area contributed by atoms with Gasteiger partial charge in [-0.15, -0.1) is 0 Å². The summed E-state index contributed by atoms with van der Waals surface area (Å²) in [7, 11) is 0. The first-order chi connectivity index (χ1) is 22.3. The Morgan fingerprint density at radius 3 is 2.02 bits per heavy atom. The second-order valence-electron chi connectivity index (χ2n) is 11.3. The molecule has 258 valence electrons. The minimum atomic E-state index is -1.10. The molecule has 0 aromatic heterocycles. The molecule has 0 saturated carbocycles.